The van der Waals surface area contributed by atoms with Crippen molar-refractivity contribution in [3.8, 4) is 17.2 Å². The average molecular weight is 380 g/mol. The van der Waals surface area contributed by atoms with Crippen molar-refractivity contribution in [3.05, 3.63) is 52.0 Å². The zero-order chi connectivity index (χ0) is 16.8. The van der Waals surface area contributed by atoms with Gasteiger partial charge < -0.3 is 19.5 Å². The summed E-state index contributed by atoms with van der Waals surface area (Å²) in [6.07, 6.45) is 0. The number of ether oxygens (including phenoxy) is 3. The molecule has 2 rings (SSSR count). The topological polar surface area (TPSA) is 56.8 Å². The highest BCUT2D eigenvalue weighted by atomic mass is 79.9. The van der Waals surface area contributed by atoms with Crippen LogP contribution in [-0.2, 0) is 6.54 Å². The monoisotopic (exact) mass is 379 g/mol. The third-order valence-corrected chi connectivity index (χ3v) is 3.80. The normalized spacial score (nSPS) is 10.1. The highest BCUT2D eigenvalue weighted by molar-refractivity contribution is 9.10. The van der Waals surface area contributed by atoms with Crippen molar-refractivity contribution in [1.29, 1.82) is 0 Å². The lowest BCUT2D eigenvalue weighted by atomic mass is 10.1. The number of carbonyl (C=O) groups excluding carboxylic acids is 1. The van der Waals surface area contributed by atoms with E-state index in [-0.39, 0.29) is 5.91 Å². The second-order valence-electron chi connectivity index (χ2n) is 4.72. The molecule has 0 aliphatic heterocycles. The molecule has 0 heterocycles. The van der Waals surface area contributed by atoms with Crippen LogP contribution in [0.25, 0.3) is 0 Å². The van der Waals surface area contributed by atoms with Gasteiger partial charge in [0.05, 0.1) is 26.9 Å². The third-order valence-electron chi connectivity index (χ3n) is 3.31. The molecule has 1 amide bonds. The molecular formula is C17H18BrNO4. The Kier molecular flexibility index (Phi) is 5.87. The van der Waals surface area contributed by atoms with Crippen molar-refractivity contribution < 1.29 is 19.0 Å². The van der Waals surface area contributed by atoms with Crippen molar-refractivity contribution in [2.75, 3.05) is 21.3 Å². The molecule has 0 bridgehead atoms. The number of hydrogen-bond donors (Lipinski definition) is 1. The number of halogens is 1. The van der Waals surface area contributed by atoms with Crippen LogP contribution >= 0.6 is 15.9 Å². The Balaban J connectivity index is 2.12. The smallest absolute Gasteiger partial charge is 0.255 e. The minimum absolute atomic E-state index is 0.210. The zero-order valence-electron chi connectivity index (χ0n) is 13.2. The molecule has 0 fully saturated rings. The van der Waals surface area contributed by atoms with Crippen LogP contribution in [0, 0.1) is 0 Å². The zero-order valence-corrected chi connectivity index (χ0v) is 14.8. The van der Waals surface area contributed by atoms with E-state index in [9.17, 15) is 4.79 Å². The van der Waals surface area contributed by atoms with E-state index in [1.807, 2.05) is 18.2 Å². The second kappa shape index (κ2) is 7.87. The number of methoxy groups -OCH3 is 3. The SMILES string of the molecule is COc1ccc(CNC(=O)c2cc(Br)ccc2OC)cc1OC. The molecular weight excluding hydrogens is 362 g/mol. The Labute approximate surface area is 143 Å². The minimum atomic E-state index is -0.210. The molecule has 122 valence electrons. The molecule has 2 aromatic rings. The summed E-state index contributed by atoms with van der Waals surface area (Å²) in [5.74, 6) is 1.59. The highest BCUT2D eigenvalue weighted by Gasteiger charge is 2.13. The Morgan fingerprint density at radius 3 is 2.26 bits per heavy atom. The molecule has 0 aromatic heterocycles. The molecule has 6 heteroatoms. The number of hydrogen-bond acceptors (Lipinski definition) is 4. The number of nitrogens with one attached hydrogen (secondary N) is 1. The van der Waals surface area contributed by atoms with E-state index in [0.29, 0.717) is 29.4 Å². The van der Waals surface area contributed by atoms with Crippen LogP contribution in [0.15, 0.2) is 40.9 Å². The van der Waals surface area contributed by atoms with E-state index < -0.39 is 0 Å². The number of benzene rings is 2. The maximum atomic E-state index is 12.4. The minimum Gasteiger partial charge on any atom is -0.496 e. The van der Waals surface area contributed by atoms with Gasteiger partial charge in [0.25, 0.3) is 5.91 Å². The van der Waals surface area contributed by atoms with Crippen LogP contribution < -0.4 is 19.5 Å². The standard InChI is InChI=1S/C17H18BrNO4/c1-21-14-7-5-12(18)9-13(14)17(20)19-10-11-4-6-15(22-2)16(8-11)23-3/h4-9H,10H2,1-3H3,(H,19,20). The molecule has 0 spiro atoms. The van der Waals surface area contributed by atoms with Gasteiger partial charge in [0.1, 0.15) is 5.75 Å². The van der Waals surface area contributed by atoms with Crippen LogP contribution in [0.3, 0.4) is 0 Å². The summed E-state index contributed by atoms with van der Waals surface area (Å²) >= 11 is 3.36. The molecule has 0 aliphatic rings. The lowest BCUT2D eigenvalue weighted by Crippen LogP contribution is -2.23. The number of carbonyl (C=O) groups is 1. The Hall–Kier alpha value is -2.21. The molecule has 0 atom stereocenters. The molecule has 0 aliphatic carbocycles. The van der Waals surface area contributed by atoms with Crippen molar-refractivity contribution in [1.82, 2.24) is 5.32 Å². The van der Waals surface area contributed by atoms with Crippen LogP contribution in [0.1, 0.15) is 15.9 Å². The molecule has 23 heavy (non-hydrogen) atoms. The lowest BCUT2D eigenvalue weighted by molar-refractivity contribution is 0.0947. The molecule has 0 unspecified atom stereocenters. The van der Waals surface area contributed by atoms with Gasteiger partial charge in [-0.25, -0.2) is 0 Å². The van der Waals surface area contributed by atoms with Gasteiger partial charge >= 0.3 is 0 Å². The van der Waals surface area contributed by atoms with Crippen LogP contribution in [0.2, 0.25) is 0 Å². The summed E-state index contributed by atoms with van der Waals surface area (Å²) in [6, 6.07) is 10.8. The van der Waals surface area contributed by atoms with E-state index >= 15 is 0 Å². The summed E-state index contributed by atoms with van der Waals surface area (Å²) in [6.45, 7) is 0.370. The predicted molar refractivity (Wildman–Crippen MR) is 91.4 cm³/mol. The summed E-state index contributed by atoms with van der Waals surface area (Å²) in [5, 5.41) is 2.87. The maximum Gasteiger partial charge on any atom is 0.255 e. The summed E-state index contributed by atoms with van der Waals surface area (Å²) < 4.78 is 16.5. The van der Waals surface area contributed by atoms with Gasteiger partial charge in [-0.1, -0.05) is 22.0 Å². The summed E-state index contributed by atoms with van der Waals surface area (Å²) in [5.41, 5.74) is 1.38. The first-order valence-electron chi connectivity index (χ1n) is 6.91. The van der Waals surface area contributed by atoms with Gasteiger partial charge in [-0.05, 0) is 35.9 Å². The molecule has 2 aromatic carbocycles. The van der Waals surface area contributed by atoms with E-state index in [4.69, 9.17) is 14.2 Å². The maximum absolute atomic E-state index is 12.4. The fourth-order valence-electron chi connectivity index (χ4n) is 2.13. The van der Waals surface area contributed by atoms with Crippen molar-refractivity contribution in [3.63, 3.8) is 0 Å². The van der Waals surface area contributed by atoms with E-state index in [0.717, 1.165) is 10.0 Å². The van der Waals surface area contributed by atoms with Crippen LogP contribution in [0.4, 0.5) is 0 Å². The van der Waals surface area contributed by atoms with Gasteiger partial charge in [-0.2, -0.15) is 0 Å². The number of amides is 1. The van der Waals surface area contributed by atoms with Gasteiger partial charge in [-0.15, -0.1) is 0 Å². The molecule has 1 N–H and O–H groups in total. The average Bonchev–Trinajstić information content (AvgIpc) is 2.59. The summed E-state index contributed by atoms with van der Waals surface area (Å²) in [7, 11) is 4.69. The Bertz CT molecular complexity index is 703. The second-order valence-corrected chi connectivity index (χ2v) is 5.63. The number of rotatable bonds is 6. The first-order valence-corrected chi connectivity index (χ1v) is 7.71. The quantitative estimate of drug-likeness (QED) is 0.835. The lowest BCUT2D eigenvalue weighted by Gasteiger charge is -2.12. The van der Waals surface area contributed by atoms with E-state index in [1.165, 1.54) is 7.11 Å². The van der Waals surface area contributed by atoms with Gasteiger partial charge in [0, 0.05) is 11.0 Å². The Morgan fingerprint density at radius 2 is 1.61 bits per heavy atom. The van der Waals surface area contributed by atoms with E-state index in [2.05, 4.69) is 21.2 Å². The molecule has 0 saturated heterocycles. The van der Waals surface area contributed by atoms with Crippen molar-refractivity contribution >= 4 is 21.8 Å². The molecule has 0 saturated carbocycles. The third kappa shape index (κ3) is 4.16. The summed E-state index contributed by atoms with van der Waals surface area (Å²) in [4.78, 5) is 12.4. The van der Waals surface area contributed by atoms with Gasteiger partial charge in [0.15, 0.2) is 11.5 Å². The Morgan fingerprint density at radius 1 is 0.957 bits per heavy atom. The van der Waals surface area contributed by atoms with Gasteiger partial charge in [-0.3, -0.25) is 4.79 Å². The molecule has 5 nitrogen and oxygen atoms in total. The molecule has 0 radical (unpaired) electrons. The van der Waals surface area contributed by atoms with Crippen LogP contribution in [0.5, 0.6) is 17.2 Å². The van der Waals surface area contributed by atoms with Crippen molar-refractivity contribution in [2.24, 2.45) is 0 Å². The predicted octanol–water partition coefficient (Wildman–Crippen LogP) is 3.40. The van der Waals surface area contributed by atoms with Crippen molar-refractivity contribution in [2.45, 2.75) is 6.54 Å². The van der Waals surface area contributed by atoms with Crippen LogP contribution in [-0.4, -0.2) is 27.2 Å². The van der Waals surface area contributed by atoms with E-state index in [1.54, 1.807) is 32.4 Å². The first-order chi connectivity index (χ1) is 11.1. The highest BCUT2D eigenvalue weighted by Crippen LogP contribution is 2.27. The fraction of sp³-hybridized carbons (Fsp3) is 0.235. The first kappa shape index (κ1) is 17.1. The fourth-order valence-corrected chi connectivity index (χ4v) is 2.49. The van der Waals surface area contributed by atoms with Gasteiger partial charge in [0.2, 0.25) is 0 Å². The largest absolute Gasteiger partial charge is 0.496 e.